The van der Waals surface area contributed by atoms with Crippen molar-refractivity contribution in [3.63, 3.8) is 0 Å². The Morgan fingerprint density at radius 3 is 1.00 bits per heavy atom. The van der Waals surface area contributed by atoms with E-state index in [9.17, 15) is 0 Å². The first-order chi connectivity index (χ1) is 3.46. The number of rotatable bonds is 0. The van der Waals surface area contributed by atoms with Crippen LogP contribution in [0.4, 0.5) is 9.59 Å². The number of carbonyl (C=O) groups excluding carboxylic acids is 2. The molecule has 0 heterocycles. The van der Waals surface area contributed by atoms with Gasteiger partial charge in [-0.2, -0.15) is 0 Å². The Labute approximate surface area is 132 Å². The van der Waals surface area contributed by atoms with Crippen LogP contribution in [0.3, 0.4) is 0 Å². The van der Waals surface area contributed by atoms with E-state index in [4.69, 9.17) is 19.8 Å². The summed E-state index contributed by atoms with van der Waals surface area (Å²) in [5.74, 6) is 0. The molecule has 0 aromatic carbocycles. The van der Waals surface area contributed by atoms with Gasteiger partial charge in [0.15, 0.2) is 0 Å². The van der Waals surface area contributed by atoms with Gasteiger partial charge in [-0.25, -0.2) is 0 Å². The fourth-order valence-corrected chi connectivity index (χ4v) is 0. The molecule has 0 radical (unpaired) electrons. The molecular weight excluding hydrogens is 221 g/mol. The second-order valence-corrected chi connectivity index (χ2v) is 1.09. The van der Waals surface area contributed by atoms with E-state index < -0.39 is 10.9 Å². The molecule has 0 saturated heterocycles. The van der Waals surface area contributed by atoms with Gasteiger partial charge >= 0.3 is 80.9 Å². The van der Waals surface area contributed by atoms with Crippen molar-refractivity contribution in [1.82, 2.24) is 0 Å². The molecule has 4 nitrogen and oxygen atoms in total. The molecule has 0 atom stereocenters. The van der Waals surface area contributed by atoms with Gasteiger partial charge in [0, 0.05) is 0 Å². The minimum absolute atomic E-state index is 0. The molecule has 0 amide bonds. The SMILES string of the molecule is O=C([O-])Cl.O=C([O-])Cl.[K+].[Na+]. The van der Waals surface area contributed by atoms with E-state index in [2.05, 4.69) is 23.2 Å². The van der Waals surface area contributed by atoms with Crippen molar-refractivity contribution in [1.29, 1.82) is 0 Å². The average Bonchev–Trinajstić information content (AvgIpc) is 1.25. The van der Waals surface area contributed by atoms with Crippen LogP contribution in [0.5, 0.6) is 0 Å². The maximum Gasteiger partial charge on any atom is 1.00 e. The molecule has 8 heteroatoms. The van der Waals surface area contributed by atoms with Gasteiger partial charge in [-0.15, -0.1) is 0 Å². The first-order valence-electron chi connectivity index (χ1n) is 1.19. The van der Waals surface area contributed by atoms with Gasteiger partial charge in [0.25, 0.3) is 0 Å². The summed E-state index contributed by atoms with van der Waals surface area (Å²) in [4.78, 5) is 17.3. The molecular formula is C2Cl2KNaO4. The molecule has 0 unspecified atom stereocenters. The molecule has 0 saturated carbocycles. The van der Waals surface area contributed by atoms with Crippen molar-refractivity contribution in [2.45, 2.75) is 0 Å². The molecule has 48 valence electrons. The van der Waals surface area contributed by atoms with Crippen LogP contribution in [-0.2, 0) is 0 Å². The molecule has 0 bridgehead atoms. The van der Waals surface area contributed by atoms with Gasteiger partial charge < -0.3 is 19.8 Å². The van der Waals surface area contributed by atoms with Gasteiger partial charge in [-0.05, 0) is 0 Å². The number of hydrogen-bond donors (Lipinski definition) is 0. The van der Waals surface area contributed by atoms with Crippen LogP contribution in [0.2, 0.25) is 0 Å². The molecule has 10 heavy (non-hydrogen) atoms. The van der Waals surface area contributed by atoms with Crippen LogP contribution in [0.25, 0.3) is 0 Å². The van der Waals surface area contributed by atoms with E-state index in [1.165, 1.54) is 0 Å². The Morgan fingerprint density at radius 1 is 1.00 bits per heavy atom. The van der Waals surface area contributed by atoms with E-state index in [0.717, 1.165) is 0 Å². The molecule has 0 aliphatic carbocycles. The third-order valence-electron chi connectivity index (χ3n) is 0. The van der Waals surface area contributed by atoms with Crippen LogP contribution >= 0.6 is 23.2 Å². The number of carboxylic acid groups (broad SMARTS) is 2. The van der Waals surface area contributed by atoms with E-state index >= 15 is 0 Å². The normalized spacial score (nSPS) is 5.00. The van der Waals surface area contributed by atoms with Crippen molar-refractivity contribution in [3.05, 3.63) is 0 Å². The second-order valence-electron chi connectivity index (χ2n) is 0.475. The molecule has 0 aromatic rings. The maximum absolute atomic E-state index is 8.65. The second kappa shape index (κ2) is 17.3. The van der Waals surface area contributed by atoms with E-state index in [1.54, 1.807) is 0 Å². The summed E-state index contributed by atoms with van der Waals surface area (Å²) in [6.45, 7) is 0. The minimum Gasteiger partial charge on any atom is -0.534 e. The molecule has 0 N–H and O–H groups in total. The Bertz CT molecular complexity index is 79.3. The van der Waals surface area contributed by atoms with Crippen molar-refractivity contribution >= 4 is 34.1 Å². The van der Waals surface area contributed by atoms with E-state index in [-0.39, 0.29) is 80.9 Å². The Balaban J connectivity index is -0.0000000300. The fourth-order valence-electron chi connectivity index (χ4n) is 0. The average molecular weight is 221 g/mol. The van der Waals surface area contributed by atoms with Gasteiger partial charge in [-0.3, -0.25) is 0 Å². The first-order valence-corrected chi connectivity index (χ1v) is 1.95. The molecule has 0 aliphatic rings. The van der Waals surface area contributed by atoms with Crippen LogP contribution in [0, 0.1) is 0 Å². The zero-order chi connectivity index (χ0) is 7.15. The van der Waals surface area contributed by atoms with Crippen LogP contribution in [0.1, 0.15) is 0 Å². The topological polar surface area (TPSA) is 80.3 Å². The molecule has 0 rings (SSSR count). The largest absolute Gasteiger partial charge is 1.00 e. The van der Waals surface area contributed by atoms with Gasteiger partial charge in [0.1, 0.15) is 10.9 Å². The summed E-state index contributed by atoms with van der Waals surface area (Å²) in [6.07, 6.45) is 0. The van der Waals surface area contributed by atoms with Gasteiger partial charge in [0.2, 0.25) is 0 Å². The first kappa shape index (κ1) is 22.7. The maximum atomic E-state index is 8.65. The predicted octanol–water partition coefficient (Wildman–Crippen LogP) is -6.86. The minimum atomic E-state index is -1.61. The third-order valence-corrected chi connectivity index (χ3v) is 0. The Morgan fingerprint density at radius 2 is 1.00 bits per heavy atom. The zero-order valence-electron chi connectivity index (χ0n) is 5.39. The summed E-state index contributed by atoms with van der Waals surface area (Å²) in [5, 5.41) is 17.3. The fraction of sp³-hybridized carbons (Fsp3) is 0. The molecule has 0 aliphatic heterocycles. The number of halogens is 2. The van der Waals surface area contributed by atoms with Crippen molar-refractivity contribution in [3.8, 4) is 0 Å². The number of carbonyl (C=O) groups is 2. The van der Waals surface area contributed by atoms with Gasteiger partial charge in [-0.1, -0.05) is 23.2 Å². The molecule has 0 fully saturated rings. The summed E-state index contributed by atoms with van der Waals surface area (Å²) >= 11 is 8.16. The van der Waals surface area contributed by atoms with E-state index in [0.29, 0.717) is 0 Å². The quantitative estimate of drug-likeness (QED) is 0.301. The monoisotopic (exact) mass is 220 g/mol. The summed E-state index contributed by atoms with van der Waals surface area (Å²) in [7, 11) is 0. The summed E-state index contributed by atoms with van der Waals surface area (Å²) < 4.78 is 0. The third kappa shape index (κ3) is 183. The Hall–Kier alpha value is 2.16. The summed E-state index contributed by atoms with van der Waals surface area (Å²) in [5.41, 5.74) is -3.22. The smallest absolute Gasteiger partial charge is 0.534 e. The molecule has 0 aromatic heterocycles. The van der Waals surface area contributed by atoms with Gasteiger partial charge in [0.05, 0.1) is 0 Å². The standard InChI is InChI=1S/2CHClO2.K.Na/c2*2-1(3)4;;/h2*(H,3,4);;/q;;2*+1/p-2. The van der Waals surface area contributed by atoms with Crippen LogP contribution < -0.4 is 91.2 Å². The van der Waals surface area contributed by atoms with Crippen LogP contribution in [-0.4, -0.2) is 10.9 Å². The predicted molar refractivity (Wildman–Crippen MR) is 22.5 cm³/mol. The molecule has 0 spiro atoms. The van der Waals surface area contributed by atoms with Crippen molar-refractivity contribution in [2.75, 3.05) is 0 Å². The van der Waals surface area contributed by atoms with Crippen molar-refractivity contribution in [2.24, 2.45) is 0 Å². The zero-order valence-corrected chi connectivity index (χ0v) is 12.0. The van der Waals surface area contributed by atoms with Crippen molar-refractivity contribution < 1.29 is 101 Å². The summed E-state index contributed by atoms with van der Waals surface area (Å²) in [6, 6.07) is 0. The Kier molecular flexibility index (Phi) is 39.3. The van der Waals surface area contributed by atoms with Crippen LogP contribution in [0.15, 0.2) is 0 Å². The van der Waals surface area contributed by atoms with E-state index in [1.807, 2.05) is 0 Å². The number of hydrogen-bond acceptors (Lipinski definition) is 4.